The van der Waals surface area contributed by atoms with Crippen LogP contribution in [0.25, 0.3) is 0 Å². The molecule has 1 amide bonds. The van der Waals surface area contributed by atoms with Crippen molar-refractivity contribution in [3.05, 3.63) is 57.6 Å². The normalized spacial score (nSPS) is 9.85. The summed E-state index contributed by atoms with van der Waals surface area (Å²) < 4.78 is 5.49. The predicted molar refractivity (Wildman–Crippen MR) is 74.3 cm³/mol. The number of amides is 1. The lowest BCUT2D eigenvalue weighted by Crippen LogP contribution is -1.97. The third-order valence-corrected chi connectivity index (χ3v) is 2.63. The molecule has 6 nitrogen and oxygen atoms in total. The van der Waals surface area contributed by atoms with Crippen LogP contribution in [0.15, 0.2) is 42.5 Å². The first-order valence-corrected chi connectivity index (χ1v) is 5.89. The summed E-state index contributed by atoms with van der Waals surface area (Å²) in [6.45, 7) is 0. The third kappa shape index (κ3) is 3.46. The van der Waals surface area contributed by atoms with Crippen molar-refractivity contribution in [3.63, 3.8) is 0 Å². The van der Waals surface area contributed by atoms with Crippen molar-refractivity contribution in [1.82, 2.24) is 0 Å². The van der Waals surface area contributed by atoms with Crippen LogP contribution in [0.2, 0.25) is 5.02 Å². The summed E-state index contributed by atoms with van der Waals surface area (Å²) in [6, 6.07) is 10.5. The molecule has 0 heterocycles. The van der Waals surface area contributed by atoms with E-state index >= 15 is 0 Å². The van der Waals surface area contributed by atoms with Gasteiger partial charge in [-0.25, -0.2) is 0 Å². The van der Waals surface area contributed by atoms with Crippen LogP contribution in [0.3, 0.4) is 0 Å². The van der Waals surface area contributed by atoms with Gasteiger partial charge >= 0.3 is 0 Å². The number of hydrogen-bond acceptors (Lipinski definition) is 4. The van der Waals surface area contributed by atoms with Crippen molar-refractivity contribution in [2.24, 2.45) is 0 Å². The Morgan fingerprint density at radius 2 is 1.85 bits per heavy atom. The standard InChI is InChI=1S/C13H9ClN2O4/c14-9-1-3-12(4-2-9)20-13-6-10(15-8-17)5-11(7-13)16(18)19/h1-8H,(H,15,17). The molecule has 0 aliphatic carbocycles. The summed E-state index contributed by atoms with van der Waals surface area (Å²) in [7, 11) is 0. The van der Waals surface area contributed by atoms with Gasteiger partial charge in [0.25, 0.3) is 5.69 Å². The van der Waals surface area contributed by atoms with Crippen molar-refractivity contribution in [2.45, 2.75) is 0 Å². The molecule has 0 radical (unpaired) electrons. The zero-order chi connectivity index (χ0) is 14.5. The minimum Gasteiger partial charge on any atom is -0.457 e. The lowest BCUT2D eigenvalue weighted by atomic mass is 10.2. The van der Waals surface area contributed by atoms with Crippen LogP contribution in [0.4, 0.5) is 11.4 Å². The molecule has 7 heteroatoms. The molecule has 1 N–H and O–H groups in total. The highest BCUT2D eigenvalue weighted by atomic mass is 35.5. The van der Waals surface area contributed by atoms with E-state index in [9.17, 15) is 14.9 Å². The van der Waals surface area contributed by atoms with Crippen molar-refractivity contribution >= 4 is 29.4 Å². The van der Waals surface area contributed by atoms with Crippen LogP contribution in [0, 0.1) is 10.1 Å². The molecule has 102 valence electrons. The van der Waals surface area contributed by atoms with Gasteiger partial charge in [0.2, 0.25) is 6.41 Å². The van der Waals surface area contributed by atoms with Gasteiger partial charge in [0.1, 0.15) is 11.5 Å². The van der Waals surface area contributed by atoms with Gasteiger partial charge in [0, 0.05) is 17.2 Å². The second-order valence-electron chi connectivity index (χ2n) is 3.79. The lowest BCUT2D eigenvalue weighted by molar-refractivity contribution is -0.384. The number of carbonyl (C=O) groups excluding carboxylic acids is 1. The van der Waals surface area contributed by atoms with E-state index in [-0.39, 0.29) is 17.1 Å². The first-order valence-electron chi connectivity index (χ1n) is 5.51. The Hall–Kier alpha value is -2.60. The number of nitro groups is 1. The summed E-state index contributed by atoms with van der Waals surface area (Å²) in [5.74, 6) is 0.720. The number of hydrogen-bond donors (Lipinski definition) is 1. The maximum absolute atomic E-state index is 10.8. The second kappa shape index (κ2) is 6.03. The average Bonchev–Trinajstić information content (AvgIpc) is 2.41. The van der Waals surface area contributed by atoms with Crippen molar-refractivity contribution < 1.29 is 14.5 Å². The van der Waals surface area contributed by atoms with Gasteiger partial charge in [-0.1, -0.05) is 11.6 Å². The van der Waals surface area contributed by atoms with Gasteiger partial charge in [-0.05, 0) is 24.3 Å². The molecule has 0 bridgehead atoms. The molecule has 20 heavy (non-hydrogen) atoms. The molecule has 0 atom stereocenters. The maximum atomic E-state index is 10.8. The Kier molecular flexibility index (Phi) is 4.17. The predicted octanol–water partition coefficient (Wildman–Crippen LogP) is 3.61. The number of rotatable bonds is 5. The summed E-state index contributed by atoms with van der Waals surface area (Å²) >= 11 is 5.75. The number of nitrogens with one attached hydrogen (secondary N) is 1. The van der Waals surface area contributed by atoms with Crippen LogP contribution in [-0.2, 0) is 4.79 Å². The van der Waals surface area contributed by atoms with Gasteiger partial charge in [-0.15, -0.1) is 0 Å². The number of halogens is 1. The highest BCUT2D eigenvalue weighted by Gasteiger charge is 2.11. The molecule has 0 saturated carbocycles. The number of carbonyl (C=O) groups is 1. The molecule has 2 aromatic carbocycles. The maximum Gasteiger partial charge on any atom is 0.275 e. The Balaban J connectivity index is 2.32. The zero-order valence-corrected chi connectivity index (χ0v) is 10.8. The van der Waals surface area contributed by atoms with E-state index in [0.717, 1.165) is 0 Å². The Morgan fingerprint density at radius 1 is 1.15 bits per heavy atom. The van der Waals surface area contributed by atoms with Crippen LogP contribution < -0.4 is 10.1 Å². The summed E-state index contributed by atoms with van der Waals surface area (Å²) in [5.41, 5.74) is 0.0963. The molecule has 0 saturated heterocycles. The number of anilines is 1. The van der Waals surface area contributed by atoms with E-state index in [1.165, 1.54) is 18.2 Å². The first kappa shape index (κ1) is 13.8. The number of ether oxygens (including phenoxy) is 1. The number of benzene rings is 2. The van der Waals surface area contributed by atoms with E-state index in [0.29, 0.717) is 17.2 Å². The Bertz CT molecular complexity index is 643. The average molecular weight is 293 g/mol. The van der Waals surface area contributed by atoms with Gasteiger partial charge in [0.05, 0.1) is 16.7 Å². The molecule has 0 unspecified atom stereocenters. The van der Waals surface area contributed by atoms with Gasteiger partial charge in [-0.3, -0.25) is 14.9 Å². The smallest absolute Gasteiger partial charge is 0.275 e. The highest BCUT2D eigenvalue weighted by Crippen LogP contribution is 2.29. The third-order valence-electron chi connectivity index (χ3n) is 2.38. The Morgan fingerprint density at radius 3 is 2.45 bits per heavy atom. The molecule has 0 aliphatic heterocycles. The van der Waals surface area contributed by atoms with Crippen LogP contribution in [0.5, 0.6) is 11.5 Å². The van der Waals surface area contributed by atoms with E-state index < -0.39 is 4.92 Å². The fourth-order valence-electron chi connectivity index (χ4n) is 1.54. The molecular weight excluding hydrogens is 284 g/mol. The van der Waals surface area contributed by atoms with Crippen LogP contribution in [0.1, 0.15) is 0 Å². The van der Waals surface area contributed by atoms with Gasteiger partial charge in [-0.2, -0.15) is 0 Å². The molecular formula is C13H9ClN2O4. The van der Waals surface area contributed by atoms with E-state index in [4.69, 9.17) is 16.3 Å². The summed E-state index contributed by atoms with van der Waals surface area (Å²) in [6.07, 6.45) is 0.436. The quantitative estimate of drug-likeness (QED) is 0.518. The molecule has 0 spiro atoms. The van der Waals surface area contributed by atoms with E-state index in [2.05, 4.69) is 5.32 Å². The molecule has 0 fully saturated rings. The summed E-state index contributed by atoms with van der Waals surface area (Å²) in [5, 5.41) is 13.7. The largest absolute Gasteiger partial charge is 0.457 e. The van der Waals surface area contributed by atoms with Gasteiger partial charge in [0.15, 0.2) is 0 Å². The van der Waals surface area contributed by atoms with E-state index in [1.807, 2.05) is 0 Å². The van der Waals surface area contributed by atoms with Crippen molar-refractivity contribution in [3.8, 4) is 11.5 Å². The van der Waals surface area contributed by atoms with Crippen molar-refractivity contribution in [1.29, 1.82) is 0 Å². The highest BCUT2D eigenvalue weighted by molar-refractivity contribution is 6.30. The first-order chi connectivity index (χ1) is 9.58. The minimum absolute atomic E-state index is 0.180. The topological polar surface area (TPSA) is 81.5 Å². The number of nitro benzene ring substituents is 1. The van der Waals surface area contributed by atoms with Gasteiger partial charge < -0.3 is 10.1 Å². The zero-order valence-electron chi connectivity index (χ0n) is 10.1. The summed E-state index contributed by atoms with van der Waals surface area (Å²) in [4.78, 5) is 20.7. The SMILES string of the molecule is O=CNc1cc(Oc2ccc(Cl)cc2)cc([N+](=O)[O-])c1. The number of nitrogens with zero attached hydrogens (tertiary/aromatic N) is 1. The molecule has 2 aromatic rings. The Labute approximate surface area is 119 Å². The fraction of sp³-hybridized carbons (Fsp3) is 0. The van der Waals surface area contributed by atoms with Crippen molar-refractivity contribution in [2.75, 3.05) is 5.32 Å². The molecule has 0 aromatic heterocycles. The van der Waals surface area contributed by atoms with E-state index in [1.54, 1.807) is 24.3 Å². The van der Waals surface area contributed by atoms with Crippen LogP contribution in [-0.4, -0.2) is 11.3 Å². The number of non-ortho nitro benzene ring substituents is 1. The molecule has 2 rings (SSSR count). The minimum atomic E-state index is -0.565. The molecule has 0 aliphatic rings. The monoisotopic (exact) mass is 292 g/mol. The van der Waals surface area contributed by atoms with Crippen LogP contribution >= 0.6 is 11.6 Å². The second-order valence-corrected chi connectivity index (χ2v) is 4.23. The fourth-order valence-corrected chi connectivity index (χ4v) is 1.66. The lowest BCUT2D eigenvalue weighted by Gasteiger charge is -2.07.